The Labute approximate surface area is 102 Å². The molecule has 96 valence electrons. The van der Waals surface area contributed by atoms with E-state index in [1.807, 2.05) is 20.1 Å². The van der Waals surface area contributed by atoms with Crippen molar-refractivity contribution >= 4 is 17.7 Å². The highest BCUT2D eigenvalue weighted by Gasteiger charge is 2.24. The van der Waals surface area contributed by atoms with E-state index in [1.165, 1.54) is 0 Å². The van der Waals surface area contributed by atoms with Crippen LogP contribution in [0.2, 0.25) is 0 Å². The van der Waals surface area contributed by atoms with Gasteiger partial charge in [0.25, 0.3) is 0 Å². The second-order valence-corrected chi connectivity index (χ2v) is 5.02. The fourth-order valence-corrected chi connectivity index (χ4v) is 1.75. The van der Waals surface area contributed by atoms with Gasteiger partial charge >= 0.3 is 0 Å². The number of hydrogen-bond acceptors (Lipinski definition) is 4. The Morgan fingerprint density at radius 1 is 1.50 bits per heavy atom. The summed E-state index contributed by atoms with van der Waals surface area (Å²) >= 11 is 1.67. The van der Waals surface area contributed by atoms with Gasteiger partial charge in [0.1, 0.15) is 0 Å². The largest absolute Gasteiger partial charge is 0.388 e. The van der Waals surface area contributed by atoms with Crippen LogP contribution < -0.4 is 11.1 Å². The second kappa shape index (κ2) is 7.92. The summed E-state index contributed by atoms with van der Waals surface area (Å²) in [5, 5.41) is 12.7. The zero-order valence-corrected chi connectivity index (χ0v) is 11.3. The lowest BCUT2D eigenvalue weighted by molar-refractivity contribution is -0.123. The summed E-state index contributed by atoms with van der Waals surface area (Å²) in [6.45, 7) is 4.10. The predicted octanol–water partition coefficient (Wildman–Crippen LogP) is 0.734. The van der Waals surface area contributed by atoms with E-state index >= 15 is 0 Å². The molecule has 0 saturated carbocycles. The van der Waals surface area contributed by atoms with Crippen LogP contribution >= 0.6 is 11.8 Å². The number of aliphatic hydroxyl groups is 1. The number of rotatable bonds is 8. The van der Waals surface area contributed by atoms with Gasteiger partial charge in [-0.05, 0) is 31.3 Å². The molecule has 0 aromatic rings. The molecule has 4 N–H and O–H groups in total. The molecule has 0 bridgehead atoms. The number of hydrogen-bond donors (Lipinski definition) is 3. The minimum absolute atomic E-state index is 0.172. The molecule has 5 heteroatoms. The van der Waals surface area contributed by atoms with Gasteiger partial charge in [0, 0.05) is 6.54 Å². The molecule has 0 rings (SSSR count). The second-order valence-electron chi connectivity index (χ2n) is 4.04. The first-order chi connectivity index (χ1) is 7.49. The molecule has 0 saturated heterocycles. The van der Waals surface area contributed by atoms with Crippen LogP contribution in [0.25, 0.3) is 0 Å². The lowest BCUT2D eigenvalue weighted by atomic mass is 9.97. The average Bonchev–Trinajstić information content (AvgIpc) is 2.32. The molecule has 0 fully saturated rings. The summed E-state index contributed by atoms with van der Waals surface area (Å²) in [4.78, 5) is 11.6. The SMILES string of the molecule is CCC(O)(CC)CNC(=O)[C@@H](N)CCSC. The van der Waals surface area contributed by atoms with Gasteiger partial charge in [-0.2, -0.15) is 11.8 Å². The lowest BCUT2D eigenvalue weighted by Gasteiger charge is -2.26. The standard InChI is InChI=1S/C11H24N2O2S/c1-4-11(15,5-2)8-13-10(14)9(12)6-7-16-3/h9,15H,4-8,12H2,1-3H3,(H,13,14)/t9-/m0/s1. The molecule has 0 aliphatic heterocycles. The maximum atomic E-state index is 11.6. The molecule has 0 aromatic heterocycles. The highest BCUT2D eigenvalue weighted by atomic mass is 32.2. The van der Waals surface area contributed by atoms with E-state index in [4.69, 9.17) is 5.73 Å². The van der Waals surface area contributed by atoms with Crippen LogP contribution in [0.3, 0.4) is 0 Å². The first kappa shape index (κ1) is 15.7. The van der Waals surface area contributed by atoms with Gasteiger partial charge in [-0.3, -0.25) is 4.79 Å². The first-order valence-electron chi connectivity index (χ1n) is 5.73. The summed E-state index contributed by atoms with van der Waals surface area (Å²) in [7, 11) is 0. The molecule has 0 unspecified atom stereocenters. The van der Waals surface area contributed by atoms with Crippen LogP contribution in [0.4, 0.5) is 0 Å². The fraction of sp³-hybridized carbons (Fsp3) is 0.909. The topological polar surface area (TPSA) is 75.3 Å². The van der Waals surface area contributed by atoms with Crippen LogP contribution in [0.15, 0.2) is 0 Å². The monoisotopic (exact) mass is 248 g/mol. The van der Waals surface area contributed by atoms with E-state index in [9.17, 15) is 9.90 Å². The molecule has 0 aromatic carbocycles. The van der Waals surface area contributed by atoms with Crippen molar-refractivity contribution in [3.05, 3.63) is 0 Å². The number of nitrogens with two attached hydrogens (primary N) is 1. The number of amides is 1. The van der Waals surface area contributed by atoms with Crippen LogP contribution in [0.5, 0.6) is 0 Å². The summed E-state index contributed by atoms with van der Waals surface area (Å²) in [6.07, 6.45) is 3.91. The number of nitrogens with one attached hydrogen (secondary N) is 1. The van der Waals surface area contributed by atoms with Gasteiger partial charge in [-0.1, -0.05) is 13.8 Å². The molecule has 4 nitrogen and oxygen atoms in total. The van der Waals surface area contributed by atoms with E-state index in [-0.39, 0.29) is 12.5 Å². The maximum absolute atomic E-state index is 11.6. The van der Waals surface area contributed by atoms with Crippen molar-refractivity contribution in [1.82, 2.24) is 5.32 Å². The first-order valence-corrected chi connectivity index (χ1v) is 7.13. The molecule has 0 radical (unpaired) electrons. The number of carbonyl (C=O) groups is 1. The Morgan fingerprint density at radius 2 is 2.06 bits per heavy atom. The van der Waals surface area contributed by atoms with Crippen LogP contribution in [-0.4, -0.2) is 41.2 Å². The predicted molar refractivity (Wildman–Crippen MR) is 69.5 cm³/mol. The third-order valence-electron chi connectivity index (χ3n) is 2.88. The van der Waals surface area contributed by atoms with Gasteiger partial charge in [0.2, 0.25) is 5.91 Å². The Morgan fingerprint density at radius 3 is 2.50 bits per heavy atom. The third-order valence-corrected chi connectivity index (χ3v) is 3.52. The van der Waals surface area contributed by atoms with Gasteiger partial charge in [-0.25, -0.2) is 0 Å². The van der Waals surface area contributed by atoms with Crippen LogP contribution in [0, 0.1) is 0 Å². The summed E-state index contributed by atoms with van der Waals surface area (Å²) < 4.78 is 0. The van der Waals surface area contributed by atoms with E-state index in [1.54, 1.807) is 11.8 Å². The van der Waals surface area contributed by atoms with Crippen molar-refractivity contribution in [2.45, 2.75) is 44.8 Å². The summed E-state index contributed by atoms with van der Waals surface area (Å²) in [5.74, 6) is 0.704. The van der Waals surface area contributed by atoms with Crippen molar-refractivity contribution in [1.29, 1.82) is 0 Å². The lowest BCUT2D eigenvalue weighted by Crippen LogP contribution is -2.48. The van der Waals surface area contributed by atoms with Crippen molar-refractivity contribution in [3.63, 3.8) is 0 Å². The summed E-state index contributed by atoms with van der Waals surface area (Å²) in [5.41, 5.74) is 4.91. The van der Waals surface area contributed by atoms with E-state index in [0.29, 0.717) is 19.3 Å². The zero-order valence-electron chi connectivity index (χ0n) is 10.5. The third kappa shape index (κ3) is 5.72. The molecule has 0 aliphatic rings. The van der Waals surface area contributed by atoms with Crippen molar-refractivity contribution in [2.75, 3.05) is 18.6 Å². The van der Waals surface area contributed by atoms with Crippen LogP contribution in [0.1, 0.15) is 33.1 Å². The molecular weight excluding hydrogens is 224 g/mol. The minimum Gasteiger partial charge on any atom is -0.388 e. The van der Waals surface area contributed by atoms with Gasteiger partial charge < -0.3 is 16.2 Å². The fourth-order valence-electron chi connectivity index (χ4n) is 1.26. The van der Waals surface area contributed by atoms with E-state index in [0.717, 1.165) is 5.75 Å². The molecule has 16 heavy (non-hydrogen) atoms. The molecule has 0 heterocycles. The quantitative estimate of drug-likeness (QED) is 0.592. The average molecular weight is 248 g/mol. The number of thioether (sulfide) groups is 1. The Kier molecular flexibility index (Phi) is 7.80. The molecule has 1 amide bonds. The Bertz CT molecular complexity index is 208. The van der Waals surface area contributed by atoms with E-state index in [2.05, 4.69) is 5.32 Å². The highest BCUT2D eigenvalue weighted by Crippen LogP contribution is 2.12. The van der Waals surface area contributed by atoms with Crippen molar-refractivity contribution in [2.24, 2.45) is 5.73 Å². The minimum atomic E-state index is -0.797. The van der Waals surface area contributed by atoms with Gasteiger partial charge in [-0.15, -0.1) is 0 Å². The molecule has 0 aliphatic carbocycles. The smallest absolute Gasteiger partial charge is 0.237 e. The highest BCUT2D eigenvalue weighted by molar-refractivity contribution is 7.98. The normalized spacial score (nSPS) is 13.6. The zero-order chi connectivity index (χ0) is 12.6. The molecule has 0 spiro atoms. The van der Waals surface area contributed by atoms with Crippen LogP contribution in [-0.2, 0) is 4.79 Å². The van der Waals surface area contributed by atoms with Crippen molar-refractivity contribution < 1.29 is 9.90 Å². The molecular formula is C11H24N2O2S. The molecule has 1 atom stereocenters. The van der Waals surface area contributed by atoms with E-state index < -0.39 is 11.6 Å². The summed E-state index contributed by atoms with van der Waals surface area (Å²) in [6, 6.07) is -0.467. The van der Waals surface area contributed by atoms with Crippen molar-refractivity contribution in [3.8, 4) is 0 Å². The maximum Gasteiger partial charge on any atom is 0.237 e. The van der Waals surface area contributed by atoms with Gasteiger partial charge in [0.05, 0.1) is 11.6 Å². The Hall–Kier alpha value is -0.260. The Balaban J connectivity index is 3.96. The van der Waals surface area contributed by atoms with Gasteiger partial charge in [0.15, 0.2) is 0 Å². The number of carbonyl (C=O) groups excluding carboxylic acids is 1.